The highest BCUT2D eigenvalue weighted by Crippen LogP contribution is 2.13. The molecule has 0 fully saturated rings. The number of anilines is 1. The summed E-state index contributed by atoms with van der Waals surface area (Å²) in [5.74, 6) is 0.450. The molecule has 0 saturated heterocycles. The number of rotatable bonds is 6. The van der Waals surface area contributed by atoms with E-state index < -0.39 is 0 Å². The minimum Gasteiger partial charge on any atom is -0.356 e. The fraction of sp³-hybridized carbons (Fsp3) is 0.643. The first-order valence-corrected chi connectivity index (χ1v) is 7.48. The Morgan fingerprint density at radius 1 is 1.52 bits per heavy atom. The predicted molar refractivity (Wildman–Crippen MR) is 80.2 cm³/mol. The molecule has 0 saturated carbocycles. The second kappa shape index (κ2) is 7.10. The Bertz CT molecular complexity index is 488. The molecule has 0 radical (unpaired) electrons. The number of aromatic nitrogens is 2. The molecule has 2 heterocycles. The van der Waals surface area contributed by atoms with Crippen LogP contribution >= 0.6 is 0 Å². The van der Waals surface area contributed by atoms with E-state index >= 15 is 0 Å². The van der Waals surface area contributed by atoms with Crippen molar-refractivity contribution < 1.29 is 9.59 Å². The third kappa shape index (κ3) is 4.21. The number of nitrogens with zero attached hydrogens (tertiary/aromatic N) is 2. The maximum absolute atomic E-state index is 12.0. The number of imidazole rings is 1. The minimum atomic E-state index is -0.241. The van der Waals surface area contributed by atoms with Crippen LogP contribution in [0, 0.1) is 0 Å². The van der Waals surface area contributed by atoms with Crippen molar-refractivity contribution in [3.8, 4) is 0 Å². The maximum atomic E-state index is 12.0. The Hall–Kier alpha value is -2.05. The Morgan fingerprint density at radius 3 is 3.05 bits per heavy atom. The molecular formula is C14H23N5O2. The van der Waals surface area contributed by atoms with E-state index in [1.165, 1.54) is 0 Å². The van der Waals surface area contributed by atoms with Crippen LogP contribution in [-0.4, -0.2) is 40.5 Å². The van der Waals surface area contributed by atoms with E-state index in [1.54, 1.807) is 6.20 Å². The largest absolute Gasteiger partial charge is 0.356 e. The van der Waals surface area contributed by atoms with Crippen LogP contribution in [0.2, 0.25) is 0 Å². The molecule has 7 nitrogen and oxygen atoms in total. The SMILES string of the molecule is CCC(C)NC(=O)CCNC(=O)c1cn2c(n1)NCCC2. The van der Waals surface area contributed by atoms with E-state index in [9.17, 15) is 9.59 Å². The molecular weight excluding hydrogens is 270 g/mol. The van der Waals surface area contributed by atoms with E-state index in [2.05, 4.69) is 20.9 Å². The second-order valence-corrected chi connectivity index (χ2v) is 5.31. The Labute approximate surface area is 124 Å². The first-order chi connectivity index (χ1) is 10.1. The molecule has 0 aliphatic carbocycles. The van der Waals surface area contributed by atoms with Crippen LogP contribution in [0.5, 0.6) is 0 Å². The number of hydrogen-bond donors (Lipinski definition) is 3. The van der Waals surface area contributed by atoms with Crippen molar-refractivity contribution >= 4 is 17.8 Å². The van der Waals surface area contributed by atoms with Crippen LogP contribution in [0.15, 0.2) is 6.20 Å². The molecule has 7 heteroatoms. The standard InChI is InChI=1S/C14H23N5O2/c1-3-10(2)17-12(20)5-7-15-13(21)11-9-19-8-4-6-16-14(19)18-11/h9-10H,3-8H2,1-2H3,(H,15,21)(H,16,18)(H,17,20). The second-order valence-electron chi connectivity index (χ2n) is 5.31. The fourth-order valence-corrected chi connectivity index (χ4v) is 2.12. The zero-order valence-electron chi connectivity index (χ0n) is 12.6. The predicted octanol–water partition coefficient (Wildman–Crippen LogP) is 0.733. The molecule has 1 aromatic heterocycles. The lowest BCUT2D eigenvalue weighted by Gasteiger charge is -2.14. The normalized spacial score (nSPS) is 14.8. The number of nitrogens with one attached hydrogen (secondary N) is 3. The fourth-order valence-electron chi connectivity index (χ4n) is 2.12. The summed E-state index contributed by atoms with van der Waals surface area (Å²) < 4.78 is 1.94. The zero-order chi connectivity index (χ0) is 15.2. The Kier molecular flexibility index (Phi) is 5.19. The average Bonchev–Trinajstić information content (AvgIpc) is 2.91. The molecule has 1 aliphatic rings. The van der Waals surface area contributed by atoms with E-state index in [0.29, 0.717) is 12.2 Å². The topological polar surface area (TPSA) is 88.1 Å². The lowest BCUT2D eigenvalue weighted by atomic mass is 10.2. The van der Waals surface area contributed by atoms with Gasteiger partial charge >= 0.3 is 0 Å². The zero-order valence-corrected chi connectivity index (χ0v) is 12.6. The van der Waals surface area contributed by atoms with Crippen LogP contribution in [-0.2, 0) is 11.3 Å². The van der Waals surface area contributed by atoms with Crippen molar-refractivity contribution in [2.45, 2.75) is 45.7 Å². The van der Waals surface area contributed by atoms with Gasteiger partial charge in [0.05, 0.1) is 0 Å². The summed E-state index contributed by atoms with van der Waals surface area (Å²) in [5.41, 5.74) is 0.390. The summed E-state index contributed by atoms with van der Waals surface area (Å²) in [6, 6.07) is 0.166. The monoisotopic (exact) mass is 293 g/mol. The van der Waals surface area contributed by atoms with E-state index in [1.807, 2.05) is 18.4 Å². The number of amides is 2. The van der Waals surface area contributed by atoms with Gasteiger partial charge in [-0.15, -0.1) is 0 Å². The summed E-state index contributed by atoms with van der Waals surface area (Å²) in [4.78, 5) is 27.8. The third-order valence-electron chi connectivity index (χ3n) is 3.53. The van der Waals surface area contributed by atoms with Crippen molar-refractivity contribution in [2.75, 3.05) is 18.4 Å². The molecule has 1 aliphatic heterocycles. The number of fused-ring (bicyclic) bond motifs is 1. The van der Waals surface area contributed by atoms with Crippen LogP contribution < -0.4 is 16.0 Å². The van der Waals surface area contributed by atoms with Gasteiger partial charge in [-0.1, -0.05) is 6.92 Å². The first kappa shape index (κ1) is 15.3. The van der Waals surface area contributed by atoms with Gasteiger partial charge in [0.2, 0.25) is 11.9 Å². The molecule has 0 spiro atoms. The van der Waals surface area contributed by atoms with Crippen LogP contribution in [0.25, 0.3) is 0 Å². The molecule has 0 bridgehead atoms. The highest BCUT2D eigenvalue weighted by atomic mass is 16.2. The van der Waals surface area contributed by atoms with Crippen LogP contribution in [0.3, 0.4) is 0 Å². The molecule has 0 aromatic carbocycles. The van der Waals surface area contributed by atoms with E-state index in [-0.39, 0.29) is 24.3 Å². The first-order valence-electron chi connectivity index (χ1n) is 7.48. The van der Waals surface area contributed by atoms with Gasteiger partial charge in [-0.2, -0.15) is 0 Å². The van der Waals surface area contributed by atoms with Gasteiger partial charge < -0.3 is 20.5 Å². The quantitative estimate of drug-likeness (QED) is 0.721. The molecule has 1 aromatic rings. The third-order valence-corrected chi connectivity index (χ3v) is 3.53. The highest BCUT2D eigenvalue weighted by molar-refractivity contribution is 5.92. The summed E-state index contributed by atoms with van der Waals surface area (Å²) in [6.07, 6.45) is 3.95. The van der Waals surface area contributed by atoms with Gasteiger partial charge in [-0.05, 0) is 19.8 Å². The van der Waals surface area contributed by atoms with Crippen LogP contribution in [0.4, 0.5) is 5.95 Å². The summed E-state index contributed by atoms with van der Waals surface area (Å²) in [5, 5.41) is 8.74. The molecule has 1 atom stereocenters. The molecule has 2 rings (SSSR count). The number of carbonyl (C=O) groups is 2. The van der Waals surface area contributed by atoms with Gasteiger partial charge in [-0.3, -0.25) is 9.59 Å². The van der Waals surface area contributed by atoms with Gasteiger partial charge in [0, 0.05) is 38.3 Å². The van der Waals surface area contributed by atoms with Crippen molar-refractivity contribution in [2.24, 2.45) is 0 Å². The molecule has 2 amide bonds. The van der Waals surface area contributed by atoms with Crippen molar-refractivity contribution in [3.63, 3.8) is 0 Å². The number of carbonyl (C=O) groups excluding carboxylic acids is 2. The lowest BCUT2D eigenvalue weighted by molar-refractivity contribution is -0.121. The maximum Gasteiger partial charge on any atom is 0.271 e. The average molecular weight is 293 g/mol. The van der Waals surface area contributed by atoms with Gasteiger partial charge in [0.25, 0.3) is 5.91 Å². The molecule has 3 N–H and O–H groups in total. The van der Waals surface area contributed by atoms with Crippen LogP contribution in [0.1, 0.15) is 43.6 Å². The summed E-state index contributed by atoms with van der Waals surface area (Å²) >= 11 is 0. The van der Waals surface area contributed by atoms with E-state index in [4.69, 9.17) is 0 Å². The number of aryl methyl sites for hydroxylation is 1. The van der Waals surface area contributed by atoms with Gasteiger partial charge in [0.15, 0.2) is 0 Å². The molecule has 116 valence electrons. The molecule has 21 heavy (non-hydrogen) atoms. The van der Waals surface area contributed by atoms with Crippen molar-refractivity contribution in [3.05, 3.63) is 11.9 Å². The lowest BCUT2D eigenvalue weighted by Crippen LogP contribution is -2.35. The Balaban J connectivity index is 1.77. The smallest absolute Gasteiger partial charge is 0.271 e. The van der Waals surface area contributed by atoms with Crippen molar-refractivity contribution in [1.29, 1.82) is 0 Å². The van der Waals surface area contributed by atoms with Gasteiger partial charge in [0.1, 0.15) is 5.69 Å². The van der Waals surface area contributed by atoms with Crippen molar-refractivity contribution in [1.82, 2.24) is 20.2 Å². The molecule has 1 unspecified atom stereocenters. The number of hydrogen-bond acceptors (Lipinski definition) is 4. The summed E-state index contributed by atoms with van der Waals surface area (Å²) in [7, 11) is 0. The Morgan fingerprint density at radius 2 is 2.33 bits per heavy atom. The highest BCUT2D eigenvalue weighted by Gasteiger charge is 2.16. The van der Waals surface area contributed by atoms with E-state index in [0.717, 1.165) is 31.9 Å². The summed E-state index contributed by atoms with van der Waals surface area (Å²) in [6.45, 7) is 6.05. The minimum absolute atomic E-state index is 0.0459. The van der Waals surface area contributed by atoms with Gasteiger partial charge in [-0.25, -0.2) is 4.98 Å².